The molecule has 0 radical (unpaired) electrons. The van der Waals surface area contributed by atoms with Crippen molar-refractivity contribution in [3.05, 3.63) is 245 Å². The number of para-hydroxylation sites is 1. The molecule has 0 unspecified atom stereocenters. The highest BCUT2D eigenvalue weighted by Crippen LogP contribution is 2.57. The van der Waals surface area contributed by atoms with E-state index < -0.39 is 5.41 Å². The lowest BCUT2D eigenvalue weighted by molar-refractivity contribution is 0.703. The van der Waals surface area contributed by atoms with E-state index in [0.29, 0.717) is 0 Å². The average Bonchev–Trinajstić information content (AvgIpc) is 3.50. The maximum Gasteiger partial charge on any atom is 0.0724 e. The van der Waals surface area contributed by atoms with Gasteiger partial charge >= 0.3 is 0 Å². The highest BCUT2D eigenvalue weighted by molar-refractivity contribution is 7.99. The summed E-state index contributed by atoms with van der Waals surface area (Å²) in [7, 11) is 0. The lowest BCUT2D eigenvalue weighted by Gasteiger charge is -2.42. The molecule has 1 aliphatic heterocycles. The maximum atomic E-state index is 2.45. The first-order valence-electron chi connectivity index (χ1n) is 18.4. The van der Waals surface area contributed by atoms with Crippen LogP contribution in [-0.4, -0.2) is 0 Å². The number of hydrogen-bond acceptors (Lipinski definition) is 2. The van der Waals surface area contributed by atoms with E-state index in [1.165, 1.54) is 59.9 Å². The third kappa shape index (κ3) is 4.79. The van der Waals surface area contributed by atoms with Crippen molar-refractivity contribution in [2.45, 2.75) is 27.5 Å². The molecule has 2 heteroatoms. The van der Waals surface area contributed by atoms with Crippen LogP contribution in [0.5, 0.6) is 0 Å². The van der Waals surface area contributed by atoms with Crippen molar-refractivity contribution in [2.24, 2.45) is 0 Å². The monoisotopic (exact) mass is 695 g/mol. The first-order chi connectivity index (χ1) is 26.2. The largest absolute Gasteiger partial charge is 0.310 e. The molecule has 0 atom stereocenters. The molecule has 1 nitrogen and oxygen atoms in total. The SMILES string of the molecule is CC1(c2ccc(N(c3ccccc3)c3ccc4c(c3)C(c3ccccc3)(c3ccccc3)c3ccccc3S4)cc2)c2ccccc2-c2ccccc21. The van der Waals surface area contributed by atoms with Crippen LogP contribution in [0.3, 0.4) is 0 Å². The normalized spacial score (nSPS) is 14.4. The summed E-state index contributed by atoms with van der Waals surface area (Å²) in [5.74, 6) is 0. The van der Waals surface area contributed by atoms with Crippen LogP contribution in [0.15, 0.2) is 216 Å². The Bertz CT molecular complexity index is 2510. The molecule has 0 N–H and O–H groups in total. The third-order valence-electron chi connectivity index (χ3n) is 11.5. The van der Waals surface area contributed by atoms with E-state index >= 15 is 0 Å². The van der Waals surface area contributed by atoms with E-state index in [2.05, 4.69) is 218 Å². The fourth-order valence-corrected chi connectivity index (χ4v) is 10.2. The molecule has 0 fully saturated rings. The molecule has 1 aliphatic carbocycles. The second-order valence-electron chi connectivity index (χ2n) is 14.2. The molecule has 10 rings (SSSR count). The van der Waals surface area contributed by atoms with E-state index in [-0.39, 0.29) is 5.41 Å². The van der Waals surface area contributed by atoms with Crippen molar-refractivity contribution in [1.82, 2.24) is 0 Å². The molecule has 0 saturated carbocycles. The van der Waals surface area contributed by atoms with Crippen LogP contribution in [0, 0.1) is 0 Å². The van der Waals surface area contributed by atoms with E-state index in [1.54, 1.807) is 0 Å². The molecule has 252 valence electrons. The molecule has 0 spiro atoms. The van der Waals surface area contributed by atoms with Gasteiger partial charge in [-0.25, -0.2) is 0 Å². The van der Waals surface area contributed by atoms with Crippen molar-refractivity contribution in [3.63, 3.8) is 0 Å². The van der Waals surface area contributed by atoms with Gasteiger partial charge in [-0.2, -0.15) is 0 Å². The van der Waals surface area contributed by atoms with Gasteiger partial charge in [0.05, 0.1) is 5.41 Å². The quantitative estimate of drug-likeness (QED) is 0.170. The fourth-order valence-electron chi connectivity index (χ4n) is 9.07. The van der Waals surface area contributed by atoms with Crippen molar-refractivity contribution in [2.75, 3.05) is 4.90 Å². The van der Waals surface area contributed by atoms with Crippen LogP contribution < -0.4 is 4.90 Å². The Morgan fingerprint density at radius 3 is 1.42 bits per heavy atom. The third-order valence-corrected chi connectivity index (χ3v) is 12.6. The number of nitrogens with zero attached hydrogens (tertiary/aromatic N) is 1. The summed E-state index contributed by atoms with van der Waals surface area (Å²) in [6, 6.07) is 76.0. The van der Waals surface area contributed by atoms with Crippen LogP contribution in [0.2, 0.25) is 0 Å². The predicted molar refractivity (Wildman–Crippen MR) is 221 cm³/mol. The van der Waals surface area contributed by atoms with Gasteiger partial charge in [0.25, 0.3) is 0 Å². The molecule has 2 aliphatic rings. The molecule has 8 aromatic carbocycles. The molecular weight excluding hydrogens is 659 g/mol. The van der Waals surface area contributed by atoms with Crippen LogP contribution in [-0.2, 0) is 10.8 Å². The molecule has 0 aromatic heterocycles. The summed E-state index contributed by atoms with van der Waals surface area (Å²) in [5, 5.41) is 0. The van der Waals surface area contributed by atoms with E-state index in [1.807, 2.05) is 11.8 Å². The van der Waals surface area contributed by atoms with Gasteiger partial charge in [-0.1, -0.05) is 169 Å². The standard InChI is InChI=1S/C51H37NS/c1-50(44-25-13-11-23-42(44)43-24-12-14-26-45(43)50)36-29-31-40(32-30-36)52(39-21-9-4-10-22-39)41-33-34-49-47(35-41)51(37-17-5-2-6-18-37,38-19-7-3-8-20-38)46-27-15-16-28-48(46)53-49/h2-35H,1H3. The van der Waals surface area contributed by atoms with Crippen molar-refractivity contribution in [1.29, 1.82) is 0 Å². The molecule has 0 saturated heterocycles. The highest BCUT2D eigenvalue weighted by Gasteiger charge is 2.45. The van der Waals surface area contributed by atoms with Crippen LogP contribution in [0.25, 0.3) is 11.1 Å². The minimum atomic E-state index is -0.500. The summed E-state index contributed by atoms with van der Waals surface area (Å²) in [5.41, 5.74) is 14.4. The topological polar surface area (TPSA) is 3.24 Å². The number of hydrogen-bond donors (Lipinski definition) is 0. The molecule has 0 bridgehead atoms. The zero-order chi connectivity index (χ0) is 35.4. The van der Waals surface area contributed by atoms with Crippen LogP contribution in [0.4, 0.5) is 17.1 Å². The highest BCUT2D eigenvalue weighted by atomic mass is 32.2. The summed E-state index contributed by atoms with van der Waals surface area (Å²) in [6.45, 7) is 2.38. The Balaban J connectivity index is 1.16. The van der Waals surface area contributed by atoms with E-state index in [4.69, 9.17) is 0 Å². The predicted octanol–water partition coefficient (Wildman–Crippen LogP) is 13.3. The number of benzene rings is 8. The van der Waals surface area contributed by atoms with E-state index in [9.17, 15) is 0 Å². The Hall–Kier alpha value is -6.09. The minimum Gasteiger partial charge on any atom is -0.310 e. The van der Waals surface area contributed by atoms with Crippen LogP contribution >= 0.6 is 11.8 Å². The summed E-state index contributed by atoms with van der Waals surface area (Å²) in [4.78, 5) is 4.98. The molecule has 1 heterocycles. The van der Waals surface area contributed by atoms with Gasteiger partial charge in [0.1, 0.15) is 0 Å². The van der Waals surface area contributed by atoms with Crippen molar-refractivity contribution >= 4 is 28.8 Å². The lowest BCUT2D eigenvalue weighted by atomic mass is 9.64. The van der Waals surface area contributed by atoms with Gasteiger partial charge in [-0.05, 0) is 106 Å². The summed E-state index contributed by atoms with van der Waals surface area (Å²) < 4.78 is 0. The Labute approximate surface area is 316 Å². The van der Waals surface area contributed by atoms with E-state index in [0.717, 1.165) is 17.1 Å². The van der Waals surface area contributed by atoms with Crippen LogP contribution in [0.1, 0.15) is 45.9 Å². The van der Waals surface area contributed by atoms with Gasteiger partial charge < -0.3 is 4.90 Å². The molecular formula is C51H37NS. The Morgan fingerprint density at radius 2 is 0.811 bits per heavy atom. The number of rotatable bonds is 6. The second kappa shape index (κ2) is 12.5. The zero-order valence-electron chi connectivity index (χ0n) is 29.5. The summed E-state index contributed by atoms with van der Waals surface area (Å²) >= 11 is 1.87. The second-order valence-corrected chi connectivity index (χ2v) is 15.3. The van der Waals surface area contributed by atoms with Gasteiger partial charge in [-0.15, -0.1) is 0 Å². The molecule has 0 amide bonds. The maximum absolute atomic E-state index is 2.45. The smallest absolute Gasteiger partial charge is 0.0724 e. The van der Waals surface area contributed by atoms with Crippen molar-refractivity contribution < 1.29 is 0 Å². The first kappa shape index (κ1) is 31.6. The van der Waals surface area contributed by atoms with Gasteiger partial charge in [0, 0.05) is 32.3 Å². The Kier molecular flexibility index (Phi) is 7.49. The zero-order valence-corrected chi connectivity index (χ0v) is 30.3. The number of fused-ring (bicyclic) bond motifs is 5. The van der Waals surface area contributed by atoms with Gasteiger partial charge in [-0.3, -0.25) is 0 Å². The first-order valence-corrected chi connectivity index (χ1v) is 19.2. The lowest BCUT2D eigenvalue weighted by Crippen LogP contribution is -2.34. The van der Waals surface area contributed by atoms with Gasteiger partial charge in [0.15, 0.2) is 0 Å². The van der Waals surface area contributed by atoms with Gasteiger partial charge in [0.2, 0.25) is 0 Å². The summed E-state index contributed by atoms with van der Waals surface area (Å²) in [6.07, 6.45) is 0. The number of anilines is 3. The average molecular weight is 696 g/mol. The minimum absolute atomic E-state index is 0.245. The van der Waals surface area contributed by atoms with Crippen molar-refractivity contribution in [3.8, 4) is 11.1 Å². The fraction of sp³-hybridized carbons (Fsp3) is 0.0588. The molecule has 53 heavy (non-hydrogen) atoms. The Morgan fingerprint density at radius 1 is 0.358 bits per heavy atom. The molecule has 8 aromatic rings.